The molecule has 0 aliphatic rings. The molecule has 0 radical (unpaired) electrons. The fraction of sp³-hybridized carbons (Fsp3) is 0.308. The van der Waals surface area contributed by atoms with E-state index in [1.807, 2.05) is 18.5 Å². The molecule has 20 heavy (non-hydrogen) atoms. The van der Waals surface area contributed by atoms with Crippen LogP contribution in [0.25, 0.3) is 0 Å². The highest BCUT2D eigenvalue weighted by Crippen LogP contribution is 2.19. The lowest BCUT2D eigenvalue weighted by Gasteiger charge is -2.12. The van der Waals surface area contributed by atoms with E-state index >= 15 is 0 Å². The molecule has 0 spiro atoms. The first-order chi connectivity index (χ1) is 9.53. The lowest BCUT2D eigenvalue weighted by Crippen LogP contribution is -2.27. The highest BCUT2D eigenvalue weighted by molar-refractivity contribution is 7.89. The molecular formula is C13H17N3O2S2. The molecule has 1 aromatic carbocycles. The second-order valence-electron chi connectivity index (χ2n) is 4.39. The average molecular weight is 311 g/mol. The van der Waals surface area contributed by atoms with E-state index in [0.717, 1.165) is 10.6 Å². The van der Waals surface area contributed by atoms with Gasteiger partial charge in [-0.2, -0.15) is 0 Å². The van der Waals surface area contributed by atoms with Crippen molar-refractivity contribution in [3.63, 3.8) is 0 Å². The van der Waals surface area contributed by atoms with Gasteiger partial charge in [-0.25, -0.2) is 18.1 Å². The van der Waals surface area contributed by atoms with Crippen LogP contribution in [0.15, 0.2) is 40.7 Å². The molecule has 5 nitrogen and oxygen atoms in total. The molecule has 108 valence electrons. The van der Waals surface area contributed by atoms with Gasteiger partial charge in [0.15, 0.2) is 0 Å². The van der Waals surface area contributed by atoms with Gasteiger partial charge in [-0.05, 0) is 31.7 Å². The maximum absolute atomic E-state index is 12.3. The number of sulfonamides is 1. The minimum atomic E-state index is -3.54. The third-order valence-corrected chi connectivity index (χ3v) is 5.24. The molecule has 1 aromatic heterocycles. The number of rotatable bonds is 6. The van der Waals surface area contributed by atoms with Gasteiger partial charge in [0.25, 0.3) is 0 Å². The average Bonchev–Trinajstić information content (AvgIpc) is 2.93. The van der Waals surface area contributed by atoms with E-state index in [1.165, 1.54) is 11.3 Å². The molecular weight excluding hydrogens is 294 g/mol. The highest BCUT2D eigenvalue weighted by Gasteiger charge is 2.19. The van der Waals surface area contributed by atoms with Gasteiger partial charge >= 0.3 is 0 Å². The molecule has 0 saturated carbocycles. The number of aromatic nitrogens is 1. The van der Waals surface area contributed by atoms with E-state index in [9.17, 15) is 8.42 Å². The molecule has 2 aromatic rings. The quantitative estimate of drug-likeness (QED) is 0.855. The Hall–Kier alpha value is -1.28. The summed E-state index contributed by atoms with van der Waals surface area (Å²) < 4.78 is 27.3. The van der Waals surface area contributed by atoms with Crippen LogP contribution >= 0.6 is 11.3 Å². The zero-order chi connectivity index (χ0) is 14.6. The Bertz CT molecular complexity index is 654. The minimum absolute atomic E-state index is 0.272. The maximum atomic E-state index is 12.3. The number of thiazole rings is 1. The Balaban J connectivity index is 2.20. The lowest BCUT2D eigenvalue weighted by molar-refractivity contribution is 0.566. The van der Waals surface area contributed by atoms with Gasteiger partial charge in [-0.3, -0.25) is 0 Å². The van der Waals surface area contributed by atoms with E-state index in [0.29, 0.717) is 6.54 Å². The molecule has 7 heteroatoms. The van der Waals surface area contributed by atoms with Crippen molar-refractivity contribution in [2.24, 2.45) is 0 Å². The van der Waals surface area contributed by atoms with Crippen molar-refractivity contribution in [3.05, 3.63) is 46.4 Å². The normalized spacial score (nSPS) is 13.3. The van der Waals surface area contributed by atoms with Crippen molar-refractivity contribution in [2.45, 2.75) is 24.4 Å². The predicted octanol–water partition coefficient (Wildman–Crippen LogP) is 1.90. The van der Waals surface area contributed by atoms with E-state index in [1.54, 1.807) is 31.3 Å². The second kappa shape index (κ2) is 6.45. The SMILES string of the molecule is CNCc1cccc(S(=O)(=O)NC(C)c2nccs2)c1. The van der Waals surface area contributed by atoms with Crippen LogP contribution in [0.5, 0.6) is 0 Å². The summed E-state index contributed by atoms with van der Waals surface area (Å²) in [6.07, 6.45) is 1.67. The summed E-state index contributed by atoms with van der Waals surface area (Å²) in [6.45, 7) is 2.42. The summed E-state index contributed by atoms with van der Waals surface area (Å²) in [5, 5.41) is 5.58. The zero-order valence-electron chi connectivity index (χ0n) is 11.3. The summed E-state index contributed by atoms with van der Waals surface area (Å²) in [6, 6.07) is 6.56. The number of benzene rings is 1. The Labute approximate surface area is 123 Å². The van der Waals surface area contributed by atoms with E-state index < -0.39 is 10.0 Å². The van der Waals surface area contributed by atoms with E-state index in [2.05, 4.69) is 15.0 Å². The standard InChI is InChI=1S/C13H17N3O2S2/c1-10(13-15-6-7-19-13)16-20(17,18)12-5-3-4-11(8-12)9-14-2/h3-8,10,14,16H,9H2,1-2H3. The molecule has 1 heterocycles. The zero-order valence-corrected chi connectivity index (χ0v) is 13.0. The lowest BCUT2D eigenvalue weighted by atomic mass is 10.2. The topological polar surface area (TPSA) is 71.1 Å². The third-order valence-electron chi connectivity index (χ3n) is 2.74. The second-order valence-corrected chi connectivity index (χ2v) is 7.03. The van der Waals surface area contributed by atoms with Gasteiger partial charge < -0.3 is 5.32 Å². The molecule has 1 unspecified atom stereocenters. The largest absolute Gasteiger partial charge is 0.316 e. The van der Waals surface area contributed by atoms with Crippen LogP contribution in [0, 0.1) is 0 Å². The first-order valence-corrected chi connectivity index (χ1v) is 8.54. The first-order valence-electron chi connectivity index (χ1n) is 6.18. The van der Waals surface area contributed by atoms with Crippen molar-refractivity contribution in [2.75, 3.05) is 7.05 Å². The van der Waals surface area contributed by atoms with Gasteiger partial charge in [0.2, 0.25) is 10.0 Å². The van der Waals surface area contributed by atoms with Crippen molar-refractivity contribution >= 4 is 21.4 Å². The highest BCUT2D eigenvalue weighted by atomic mass is 32.2. The fourth-order valence-corrected chi connectivity index (χ4v) is 3.82. The van der Waals surface area contributed by atoms with Gasteiger partial charge in [0.05, 0.1) is 10.9 Å². The molecule has 0 fully saturated rings. The van der Waals surface area contributed by atoms with Crippen LogP contribution in [0.4, 0.5) is 0 Å². The monoisotopic (exact) mass is 311 g/mol. The van der Waals surface area contributed by atoms with Crippen LogP contribution in [0.2, 0.25) is 0 Å². The molecule has 0 aliphatic heterocycles. The number of nitrogens with one attached hydrogen (secondary N) is 2. The number of hydrogen-bond acceptors (Lipinski definition) is 5. The van der Waals surface area contributed by atoms with E-state index in [4.69, 9.17) is 0 Å². The Morgan fingerprint density at radius 3 is 2.85 bits per heavy atom. The van der Waals surface area contributed by atoms with Gasteiger partial charge in [-0.15, -0.1) is 11.3 Å². The molecule has 0 amide bonds. The molecule has 0 bridgehead atoms. The molecule has 1 atom stereocenters. The summed E-state index contributed by atoms with van der Waals surface area (Å²) >= 11 is 1.43. The fourth-order valence-electron chi connectivity index (χ4n) is 1.83. The summed E-state index contributed by atoms with van der Waals surface area (Å²) in [5.74, 6) is 0. The first kappa shape index (κ1) is 15.1. The maximum Gasteiger partial charge on any atom is 0.241 e. The Kier molecular flexibility index (Phi) is 4.87. The Morgan fingerprint density at radius 1 is 1.40 bits per heavy atom. The van der Waals surface area contributed by atoms with Crippen molar-refractivity contribution in [3.8, 4) is 0 Å². The van der Waals surface area contributed by atoms with Gasteiger partial charge in [0.1, 0.15) is 5.01 Å². The summed E-state index contributed by atoms with van der Waals surface area (Å²) in [4.78, 5) is 4.39. The number of hydrogen-bond donors (Lipinski definition) is 2. The minimum Gasteiger partial charge on any atom is -0.316 e. The van der Waals surface area contributed by atoms with Gasteiger partial charge in [-0.1, -0.05) is 12.1 Å². The van der Waals surface area contributed by atoms with Crippen LogP contribution in [-0.4, -0.2) is 20.4 Å². The molecule has 2 N–H and O–H groups in total. The van der Waals surface area contributed by atoms with Crippen molar-refractivity contribution < 1.29 is 8.42 Å². The predicted molar refractivity (Wildman–Crippen MR) is 80.1 cm³/mol. The smallest absolute Gasteiger partial charge is 0.241 e. The van der Waals surface area contributed by atoms with Crippen LogP contribution in [0.3, 0.4) is 0 Å². The van der Waals surface area contributed by atoms with E-state index in [-0.39, 0.29) is 10.9 Å². The Morgan fingerprint density at radius 2 is 2.20 bits per heavy atom. The molecule has 0 saturated heterocycles. The van der Waals surface area contributed by atoms with Gasteiger partial charge in [0, 0.05) is 18.1 Å². The summed E-state index contributed by atoms with van der Waals surface area (Å²) in [7, 11) is -1.71. The summed E-state index contributed by atoms with van der Waals surface area (Å²) in [5.41, 5.74) is 0.928. The van der Waals surface area contributed by atoms with Crippen molar-refractivity contribution in [1.82, 2.24) is 15.0 Å². The van der Waals surface area contributed by atoms with Crippen LogP contribution in [0.1, 0.15) is 23.5 Å². The third kappa shape index (κ3) is 3.63. The molecule has 2 rings (SSSR count). The number of nitrogens with zero attached hydrogens (tertiary/aromatic N) is 1. The molecule has 0 aliphatic carbocycles. The van der Waals surface area contributed by atoms with Crippen molar-refractivity contribution in [1.29, 1.82) is 0 Å². The van der Waals surface area contributed by atoms with Crippen LogP contribution in [-0.2, 0) is 16.6 Å². The van der Waals surface area contributed by atoms with Crippen LogP contribution < -0.4 is 10.0 Å².